The van der Waals surface area contributed by atoms with Gasteiger partial charge in [-0.25, -0.2) is 42.8 Å². The van der Waals surface area contributed by atoms with Crippen molar-refractivity contribution in [1.29, 1.82) is 0 Å². The largest absolute Gasteiger partial charge is 0.444 e. The molecular formula is C47H68N10O9S2. The zero-order chi connectivity index (χ0) is 49.4. The Hall–Kier alpha value is -5.90. The molecule has 372 valence electrons. The van der Waals surface area contributed by atoms with Crippen LogP contribution in [-0.2, 0) is 47.2 Å². The number of hydrogen-bond acceptors (Lipinski definition) is 15. The zero-order valence-corrected chi connectivity index (χ0v) is 41.1. The van der Waals surface area contributed by atoms with Crippen molar-refractivity contribution in [1.82, 2.24) is 39.4 Å². The second-order valence-corrected chi connectivity index (χ2v) is 21.5. The summed E-state index contributed by atoms with van der Waals surface area (Å²) >= 11 is 0. The lowest BCUT2D eigenvalue weighted by molar-refractivity contribution is -0.123. The molecule has 4 aromatic rings. The molecular weight excluding hydrogens is 913 g/mol. The van der Waals surface area contributed by atoms with Crippen molar-refractivity contribution in [2.75, 3.05) is 26.2 Å². The van der Waals surface area contributed by atoms with Gasteiger partial charge < -0.3 is 19.3 Å². The van der Waals surface area contributed by atoms with Crippen LogP contribution in [0.4, 0.5) is 9.59 Å². The van der Waals surface area contributed by atoms with E-state index < -0.39 is 31.2 Å². The number of ketones is 1. The molecule has 4 heterocycles. The number of Topliss-reactive ketones (excluding diaryl/α,β-unsaturated/α-hetero) is 1. The number of rotatable bonds is 11. The monoisotopic (exact) mass is 980 g/mol. The lowest BCUT2D eigenvalue weighted by atomic mass is 9.89. The number of aromatic nitrogens is 4. The minimum atomic E-state index is -3.80. The summed E-state index contributed by atoms with van der Waals surface area (Å²) in [5.74, 6) is 5.01. The van der Waals surface area contributed by atoms with E-state index in [-0.39, 0.29) is 47.0 Å². The van der Waals surface area contributed by atoms with Crippen LogP contribution in [-0.4, -0.2) is 108 Å². The number of likely N-dealkylation sites (tertiary alicyclic amines) is 2. The van der Waals surface area contributed by atoms with Crippen LogP contribution in [0.5, 0.6) is 0 Å². The van der Waals surface area contributed by atoms with Crippen molar-refractivity contribution >= 4 is 43.7 Å². The van der Waals surface area contributed by atoms with Crippen molar-refractivity contribution in [3.8, 4) is 0 Å². The number of hydrogen-bond donors (Lipinski definition) is 3. The van der Waals surface area contributed by atoms with Crippen molar-refractivity contribution in [2.24, 2.45) is 22.8 Å². The Kier molecular flexibility index (Phi) is 21.1. The number of amides is 2. The van der Waals surface area contributed by atoms with Crippen LogP contribution < -0.4 is 15.5 Å². The molecule has 0 aliphatic carbocycles. The van der Waals surface area contributed by atoms with Crippen LogP contribution >= 0.6 is 0 Å². The van der Waals surface area contributed by atoms with Crippen molar-refractivity contribution < 1.29 is 40.7 Å². The average molecular weight is 981 g/mol. The number of carbonyl (C=O) groups excluding carboxylic acids is 3. The number of sulfonamides is 2. The second kappa shape index (κ2) is 25.5. The highest BCUT2D eigenvalue weighted by molar-refractivity contribution is 7.89. The molecule has 4 N–H and O–H groups in total. The van der Waals surface area contributed by atoms with Gasteiger partial charge in [-0.15, -0.1) is 0 Å². The second-order valence-electron chi connectivity index (χ2n) is 18.1. The minimum absolute atomic E-state index is 0. The molecule has 2 aliphatic heterocycles. The fourth-order valence-electron chi connectivity index (χ4n) is 6.74. The fraction of sp³-hybridized carbons (Fsp3) is 0.489. The number of nitrogens with zero attached hydrogens (tertiary/aromatic N) is 7. The number of benzene rings is 2. The smallest absolute Gasteiger partial charge is 0.410 e. The predicted molar refractivity (Wildman–Crippen MR) is 259 cm³/mol. The van der Waals surface area contributed by atoms with Gasteiger partial charge in [0.25, 0.3) is 20.0 Å². The number of hydrazone groups is 1. The van der Waals surface area contributed by atoms with Gasteiger partial charge in [-0.2, -0.15) is 18.4 Å². The molecule has 2 aromatic carbocycles. The molecule has 6 rings (SSSR count). The summed E-state index contributed by atoms with van der Waals surface area (Å²) in [4.78, 5) is 60.6. The third-order valence-corrected chi connectivity index (χ3v) is 12.8. The van der Waals surface area contributed by atoms with Crippen molar-refractivity contribution in [2.45, 2.75) is 122 Å². The van der Waals surface area contributed by atoms with E-state index in [1.54, 1.807) is 75.6 Å². The standard InChI is InChI=1S/C23H31N5O4S.C16H23N3O3.C7H10N2O2S.CH4/c1-17-5-7-20(8-6-17)33(30,31)27-26-21(15-19-9-12-24-16-25-19)18-10-13-28(14-11-18)22(29)32-23(2,3)4;1-16(2,3)22-15(21)19-8-5-12(6-9-19)14(20)10-13-4-7-17-11-18-13;1-6-2-4-7(5-3-6)12(10,11)9-8;/h5-9,12,16,18,27H,10-11,13-15H2,1-4H3;4,7,11-12H,5-6,8-10H2,1-3H3;2-5,9H,8H2,1H3;1H4/b26-21+;;;. The molecule has 2 aromatic heterocycles. The van der Waals surface area contributed by atoms with E-state index >= 15 is 0 Å². The molecule has 19 nitrogen and oxygen atoms in total. The van der Waals surface area contributed by atoms with Crippen LogP contribution in [0.3, 0.4) is 0 Å². The summed E-state index contributed by atoms with van der Waals surface area (Å²) < 4.78 is 58.5. The summed E-state index contributed by atoms with van der Waals surface area (Å²) in [5.41, 5.74) is 3.10. The molecule has 2 amide bonds. The molecule has 2 aliphatic rings. The third kappa shape index (κ3) is 19.0. The maximum atomic E-state index is 12.7. The van der Waals surface area contributed by atoms with E-state index in [1.807, 2.05) is 55.4 Å². The number of piperidine rings is 2. The predicted octanol–water partition coefficient (Wildman–Crippen LogP) is 6.33. The van der Waals surface area contributed by atoms with Gasteiger partial charge in [0.1, 0.15) is 29.6 Å². The van der Waals surface area contributed by atoms with E-state index in [0.717, 1.165) is 22.5 Å². The van der Waals surface area contributed by atoms with Crippen molar-refractivity contribution in [3.05, 3.63) is 108 Å². The van der Waals surface area contributed by atoms with E-state index in [2.05, 4.69) is 29.9 Å². The van der Waals surface area contributed by atoms with Gasteiger partial charge in [-0.1, -0.05) is 42.8 Å². The maximum absolute atomic E-state index is 12.7. The topological polar surface area (TPSA) is 258 Å². The molecule has 0 spiro atoms. The first-order chi connectivity index (χ1) is 31.4. The molecule has 0 radical (unpaired) electrons. The van der Waals surface area contributed by atoms with Crippen LogP contribution in [0.2, 0.25) is 0 Å². The first kappa shape index (κ1) is 56.4. The van der Waals surface area contributed by atoms with Crippen LogP contribution in [0.1, 0.15) is 97.2 Å². The van der Waals surface area contributed by atoms with Gasteiger partial charge in [0.15, 0.2) is 0 Å². The first-order valence-corrected chi connectivity index (χ1v) is 24.8. The number of aryl methyl sites for hydroxylation is 2. The number of nitrogens with one attached hydrogen (secondary N) is 2. The highest BCUT2D eigenvalue weighted by atomic mass is 32.2. The van der Waals surface area contributed by atoms with E-state index in [1.165, 1.54) is 24.8 Å². The van der Waals surface area contributed by atoms with Crippen molar-refractivity contribution in [3.63, 3.8) is 0 Å². The van der Waals surface area contributed by atoms with E-state index in [9.17, 15) is 31.2 Å². The zero-order valence-electron chi connectivity index (χ0n) is 39.5. The molecule has 21 heteroatoms. The van der Waals surface area contributed by atoms with Gasteiger partial charge in [0.05, 0.1) is 15.5 Å². The Balaban J connectivity index is 0.000000300. The quantitative estimate of drug-likeness (QED) is 0.0844. The van der Waals surface area contributed by atoms with Gasteiger partial charge in [0, 0.05) is 74.7 Å². The SMILES string of the molecule is C.CC(C)(C)OC(=O)N1CCC(C(=O)Cc2ccncn2)CC1.Cc1ccc(S(=O)(=O)N/N=C(\Cc2ccncn2)C2CCN(C(=O)OC(C)(C)C)CC2)cc1.Cc1ccc(S(=O)(=O)NN)cc1. The summed E-state index contributed by atoms with van der Waals surface area (Å²) in [7, 11) is -7.29. The molecule has 0 unspecified atom stereocenters. The fourth-order valence-corrected chi connectivity index (χ4v) is 8.20. The Morgan fingerprint density at radius 2 is 1.04 bits per heavy atom. The summed E-state index contributed by atoms with van der Waals surface area (Å²) in [6.07, 6.45) is 8.93. The van der Waals surface area contributed by atoms with Gasteiger partial charge >= 0.3 is 12.2 Å². The van der Waals surface area contributed by atoms with Gasteiger partial charge in [0.2, 0.25) is 0 Å². The Labute approximate surface area is 401 Å². The lowest BCUT2D eigenvalue weighted by Crippen LogP contribution is -2.43. The molecule has 2 saturated heterocycles. The van der Waals surface area contributed by atoms with E-state index in [0.29, 0.717) is 70.4 Å². The molecule has 2 fully saturated rings. The average Bonchev–Trinajstić information content (AvgIpc) is 3.28. The maximum Gasteiger partial charge on any atom is 0.410 e. The van der Waals surface area contributed by atoms with E-state index in [4.69, 9.17) is 15.3 Å². The highest BCUT2D eigenvalue weighted by Gasteiger charge is 2.31. The summed E-state index contributed by atoms with van der Waals surface area (Å²) in [5, 5.41) is 4.33. The third-order valence-electron chi connectivity index (χ3n) is 10.4. The number of carbonyl (C=O) groups is 3. The first-order valence-electron chi connectivity index (χ1n) is 21.9. The molecule has 0 atom stereocenters. The molecule has 68 heavy (non-hydrogen) atoms. The number of nitrogens with two attached hydrogens (primary N) is 1. The summed E-state index contributed by atoms with van der Waals surface area (Å²) in [6, 6.07) is 16.6. The Morgan fingerprint density at radius 1 is 0.647 bits per heavy atom. The van der Waals surface area contributed by atoms with Gasteiger partial charge in [-0.05, 0) is 117 Å². The minimum Gasteiger partial charge on any atom is -0.444 e. The molecule has 0 saturated carbocycles. The highest BCUT2D eigenvalue weighted by Crippen LogP contribution is 2.24. The number of ether oxygens (including phenoxy) is 2. The van der Waals surface area contributed by atoms with Gasteiger partial charge in [-0.3, -0.25) is 10.6 Å². The summed E-state index contributed by atoms with van der Waals surface area (Å²) in [6.45, 7) is 17.0. The Bertz CT molecular complexity index is 2470. The van der Waals surface area contributed by atoms with Crippen LogP contribution in [0.25, 0.3) is 0 Å². The lowest BCUT2D eigenvalue weighted by Gasteiger charge is -2.33. The number of hydrazine groups is 1. The van der Waals surface area contributed by atoms with Crippen LogP contribution in [0.15, 0.2) is 101 Å². The Morgan fingerprint density at radius 3 is 1.43 bits per heavy atom. The molecule has 0 bridgehead atoms. The van der Waals surface area contributed by atoms with Crippen LogP contribution in [0, 0.1) is 25.7 Å². The normalized spacial score (nSPS) is 15.0.